The molecule has 0 fully saturated rings. The molecule has 0 saturated carbocycles. The maximum atomic E-state index is 11.6. The lowest BCUT2D eigenvalue weighted by Gasteiger charge is -2.14. The molecule has 3 aromatic rings. The number of hydrogen-bond acceptors (Lipinski definition) is 5. The van der Waals surface area contributed by atoms with Crippen molar-refractivity contribution in [3.05, 3.63) is 71.1 Å². The van der Waals surface area contributed by atoms with E-state index in [0.29, 0.717) is 23.8 Å². The topological polar surface area (TPSA) is 71.3 Å². The summed E-state index contributed by atoms with van der Waals surface area (Å²) in [6, 6.07) is 15.5. The predicted octanol–water partition coefficient (Wildman–Crippen LogP) is 3.04. The van der Waals surface area contributed by atoms with Crippen LogP contribution in [0.3, 0.4) is 0 Å². The van der Waals surface area contributed by atoms with E-state index in [0.717, 1.165) is 23.2 Å². The fourth-order valence-corrected chi connectivity index (χ4v) is 2.76. The third-order valence-corrected chi connectivity index (χ3v) is 4.15. The summed E-state index contributed by atoms with van der Waals surface area (Å²) in [5.41, 5.74) is 3.86. The van der Waals surface area contributed by atoms with Crippen molar-refractivity contribution in [1.29, 1.82) is 0 Å². The molecule has 6 heteroatoms. The Kier molecular flexibility index (Phi) is 5.43. The van der Waals surface area contributed by atoms with Gasteiger partial charge in [-0.2, -0.15) is 4.98 Å². The summed E-state index contributed by atoms with van der Waals surface area (Å²) in [6.45, 7) is 3.30. The molecule has 1 N–H and O–H groups in total. The number of nitrogens with zero attached hydrogens (tertiary/aromatic N) is 3. The van der Waals surface area contributed by atoms with Gasteiger partial charge < -0.3 is 9.84 Å². The van der Waals surface area contributed by atoms with E-state index in [1.165, 1.54) is 0 Å². The van der Waals surface area contributed by atoms with Gasteiger partial charge in [-0.05, 0) is 37.2 Å². The van der Waals surface area contributed by atoms with Crippen molar-refractivity contribution in [3.63, 3.8) is 0 Å². The van der Waals surface area contributed by atoms with Crippen molar-refractivity contribution in [3.8, 4) is 11.4 Å². The minimum absolute atomic E-state index is 0.0838. The van der Waals surface area contributed by atoms with Crippen molar-refractivity contribution in [2.75, 3.05) is 14.1 Å². The Morgan fingerprint density at radius 3 is 2.54 bits per heavy atom. The predicted molar refractivity (Wildman–Crippen MR) is 99.5 cm³/mol. The Labute approximate surface area is 152 Å². The lowest BCUT2D eigenvalue weighted by molar-refractivity contribution is 0.0963. The van der Waals surface area contributed by atoms with E-state index in [-0.39, 0.29) is 5.91 Å². The van der Waals surface area contributed by atoms with Gasteiger partial charge in [-0.1, -0.05) is 41.6 Å². The minimum atomic E-state index is -0.0838. The molecule has 2 aromatic carbocycles. The number of aromatic nitrogens is 2. The van der Waals surface area contributed by atoms with Gasteiger partial charge in [0.25, 0.3) is 5.91 Å². The second-order valence-electron chi connectivity index (χ2n) is 6.27. The highest BCUT2D eigenvalue weighted by atomic mass is 16.5. The van der Waals surface area contributed by atoms with Crippen LogP contribution in [0.5, 0.6) is 0 Å². The van der Waals surface area contributed by atoms with Crippen molar-refractivity contribution in [1.82, 2.24) is 20.4 Å². The summed E-state index contributed by atoms with van der Waals surface area (Å²) >= 11 is 0. The first-order chi connectivity index (χ1) is 12.6. The van der Waals surface area contributed by atoms with Gasteiger partial charge in [0.05, 0.1) is 6.54 Å². The second-order valence-corrected chi connectivity index (χ2v) is 6.27. The van der Waals surface area contributed by atoms with Gasteiger partial charge in [0.2, 0.25) is 11.7 Å². The molecule has 0 radical (unpaired) electrons. The molecule has 134 valence electrons. The van der Waals surface area contributed by atoms with E-state index in [2.05, 4.69) is 20.4 Å². The molecule has 0 saturated heterocycles. The lowest BCUT2D eigenvalue weighted by Crippen LogP contribution is -2.19. The first kappa shape index (κ1) is 17.8. The Hall–Kier alpha value is -2.99. The molecule has 0 spiro atoms. The van der Waals surface area contributed by atoms with Crippen LogP contribution in [0.4, 0.5) is 0 Å². The summed E-state index contributed by atoms with van der Waals surface area (Å²) in [6.07, 6.45) is 0. The highest BCUT2D eigenvalue weighted by Crippen LogP contribution is 2.20. The van der Waals surface area contributed by atoms with Crippen LogP contribution in [-0.2, 0) is 13.1 Å². The Morgan fingerprint density at radius 2 is 1.85 bits per heavy atom. The number of amides is 1. The molecule has 0 atom stereocenters. The van der Waals surface area contributed by atoms with Crippen LogP contribution in [0.1, 0.15) is 27.4 Å². The number of carbonyl (C=O) groups is 1. The number of aryl methyl sites for hydroxylation is 1. The molecule has 0 aliphatic rings. The Balaban J connectivity index is 1.63. The quantitative estimate of drug-likeness (QED) is 0.740. The maximum Gasteiger partial charge on any atom is 0.251 e. The summed E-state index contributed by atoms with van der Waals surface area (Å²) in [4.78, 5) is 18.2. The zero-order valence-electron chi connectivity index (χ0n) is 15.2. The van der Waals surface area contributed by atoms with E-state index in [1.807, 2.05) is 62.5 Å². The van der Waals surface area contributed by atoms with E-state index < -0.39 is 0 Å². The van der Waals surface area contributed by atoms with Crippen molar-refractivity contribution < 1.29 is 9.32 Å². The molecule has 1 aromatic heterocycles. The Bertz CT molecular complexity index is 887. The minimum Gasteiger partial charge on any atom is -0.355 e. The average molecular weight is 350 g/mol. The largest absolute Gasteiger partial charge is 0.355 e. The van der Waals surface area contributed by atoms with Gasteiger partial charge in [-0.15, -0.1) is 0 Å². The van der Waals surface area contributed by atoms with Crippen molar-refractivity contribution in [2.24, 2.45) is 0 Å². The number of rotatable bonds is 6. The smallest absolute Gasteiger partial charge is 0.251 e. The molecule has 3 rings (SSSR count). The van der Waals surface area contributed by atoms with Gasteiger partial charge in [-0.25, -0.2) is 0 Å². The zero-order chi connectivity index (χ0) is 18.5. The van der Waals surface area contributed by atoms with Gasteiger partial charge in [0.1, 0.15) is 0 Å². The van der Waals surface area contributed by atoms with Crippen LogP contribution in [0.2, 0.25) is 0 Å². The summed E-state index contributed by atoms with van der Waals surface area (Å²) in [7, 11) is 3.61. The third kappa shape index (κ3) is 4.15. The normalized spacial score (nSPS) is 10.9. The number of carbonyl (C=O) groups excluding carboxylic acids is 1. The Morgan fingerprint density at radius 1 is 1.12 bits per heavy atom. The van der Waals surface area contributed by atoms with Crippen LogP contribution >= 0.6 is 0 Å². The highest BCUT2D eigenvalue weighted by molar-refractivity contribution is 5.93. The van der Waals surface area contributed by atoms with Crippen molar-refractivity contribution in [2.45, 2.75) is 20.0 Å². The van der Waals surface area contributed by atoms with Crippen LogP contribution in [0.25, 0.3) is 11.4 Å². The molecule has 1 heterocycles. The molecule has 0 aliphatic carbocycles. The summed E-state index contributed by atoms with van der Waals surface area (Å²) in [5.74, 6) is 1.11. The van der Waals surface area contributed by atoms with Gasteiger partial charge in [-0.3, -0.25) is 9.69 Å². The SMILES string of the molecule is CNC(=O)c1ccc(CN(C)Cc2nc(-c3ccccc3C)no2)cc1. The monoisotopic (exact) mass is 350 g/mol. The molecule has 1 amide bonds. The van der Waals surface area contributed by atoms with Gasteiger partial charge in [0.15, 0.2) is 0 Å². The van der Waals surface area contributed by atoms with E-state index in [1.54, 1.807) is 7.05 Å². The fraction of sp³-hybridized carbons (Fsp3) is 0.250. The van der Waals surface area contributed by atoms with Crippen LogP contribution in [0, 0.1) is 6.92 Å². The highest BCUT2D eigenvalue weighted by Gasteiger charge is 2.12. The third-order valence-electron chi connectivity index (χ3n) is 4.15. The van der Waals surface area contributed by atoms with E-state index >= 15 is 0 Å². The van der Waals surface area contributed by atoms with E-state index in [4.69, 9.17) is 4.52 Å². The molecule has 26 heavy (non-hydrogen) atoms. The molecule has 0 bridgehead atoms. The van der Waals surface area contributed by atoms with Crippen LogP contribution in [-0.4, -0.2) is 35.0 Å². The molecular weight excluding hydrogens is 328 g/mol. The fourth-order valence-electron chi connectivity index (χ4n) is 2.76. The van der Waals surface area contributed by atoms with Gasteiger partial charge >= 0.3 is 0 Å². The number of nitrogens with one attached hydrogen (secondary N) is 1. The van der Waals surface area contributed by atoms with Crippen LogP contribution < -0.4 is 5.32 Å². The van der Waals surface area contributed by atoms with Gasteiger partial charge in [0, 0.05) is 24.7 Å². The molecular formula is C20H22N4O2. The van der Waals surface area contributed by atoms with E-state index in [9.17, 15) is 4.79 Å². The standard InChI is InChI=1S/C20H22N4O2/c1-14-6-4-5-7-17(14)19-22-18(26-23-19)13-24(3)12-15-8-10-16(11-9-15)20(25)21-2/h4-11H,12-13H2,1-3H3,(H,21,25). The maximum absolute atomic E-state index is 11.6. The van der Waals surface area contributed by atoms with Crippen molar-refractivity contribution >= 4 is 5.91 Å². The molecule has 0 aliphatic heterocycles. The summed E-state index contributed by atoms with van der Waals surface area (Å²) in [5, 5.41) is 6.71. The molecule has 0 unspecified atom stereocenters. The molecule has 6 nitrogen and oxygen atoms in total. The summed E-state index contributed by atoms with van der Waals surface area (Å²) < 4.78 is 5.39. The zero-order valence-corrected chi connectivity index (χ0v) is 15.2. The lowest BCUT2D eigenvalue weighted by atomic mass is 10.1. The number of benzene rings is 2. The first-order valence-corrected chi connectivity index (χ1v) is 8.45. The van der Waals surface area contributed by atoms with Crippen LogP contribution in [0.15, 0.2) is 53.1 Å². The average Bonchev–Trinajstić information content (AvgIpc) is 3.10. The number of hydrogen-bond donors (Lipinski definition) is 1. The second kappa shape index (κ2) is 7.93. The first-order valence-electron chi connectivity index (χ1n) is 8.45.